The van der Waals surface area contributed by atoms with Gasteiger partial charge in [-0.25, -0.2) is 23.7 Å². The maximum absolute atomic E-state index is 14.5. The molecular formula is C41H22F2N6. The van der Waals surface area contributed by atoms with Crippen molar-refractivity contribution in [3.8, 4) is 63.1 Å². The van der Waals surface area contributed by atoms with Crippen LogP contribution in [0.15, 0.2) is 133 Å². The zero-order valence-corrected chi connectivity index (χ0v) is 25.6. The van der Waals surface area contributed by atoms with E-state index in [0.29, 0.717) is 62.0 Å². The minimum Gasteiger partial charge on any atom is -0.308 e. The highest BCUT2D eigenvalue weighted by atomic mass is 19.1. The quantitative estimate of drug-likeness (QED) is 0.188. The molecule has 8 heteroatoms. The first-order valence-corrected chi connectivity index (χ1v) is 15.4. The SMILES string of the molecule is N#Cc1ccc2c3ccc(C#N)cc3n(-c3cc(-c4cc(F)cc(F)c4)ccc3-c3nc(-c4ccccc4)nc(-c4ccccc4)n3)c2c1. The zero-order chi connectivity index (χ0) is 33.5. The van der Waals surface area contributed by atoms with Gasteiger partial charge in [0.05, 0.1) is 40.0 Å². The third-order valence-electron chi connectivity index (χ3n) is 8.40. The van der Waals surface area contributed by atoms with Crippen molar-refractivity contribution in [2.24, 2.45) is 0 Å². The van der Waals surface area contributed by atoms with Crippen molar-refractivity contribution < 1.29 is 8.78 Å². The van der Waals surface area contributed by atoms with Crippen molar-refractivity contribution in [1.29, 1.82) is 10.5 Å². The van der Waals surface area contributed by atoms with Crippen LogP contribution in [0, 0.1) is 34.3 Å². The number of benzene rings is 6. The van der Waals surface area contributed by atoms with Crippen LogP contribution in [-0.4, -0.2) is 19.5 Å². The summed E-state index contributed by atoms with van der Waals surface area (Å²) in [6.07, 6.45) is 0. The summed E-state index contributed by atoms with van der Waals surface area (Å²) in [7, 11) is 0. The Bertz CT molecular complexity index is 2500. The molecule has 0 aliphatic carbocycles. The van der Waals surface area contributed by atoms with Crippen LogP contribution in [0.2, 0.25) is 0 Å². The second kappa shape index (κ2) is 12.0. The van der Waals surface area contributed by atoms with Crippen molar-refractivity contribution >= 4 is 21.8 Å². The van der Waals surface area contributed by atoms with Crippen LogP contribution in [-0.2, 0) is 0 Å². The van der Waals surface area contributed by atoms with Gasteiger partial charge in [0, 0.05) is 33.5 Å². The van der Waals surface area contributed by atoms with Crippen LogP contribution < -0.4 is 0 Å². The molecule has 0 saturated carbocycles. The highest BCUT2D eigenvalue weighted by molar-refractivity contribution is 6.10. The van der Waals surface area contributed by atoms with E-state index in [1.165, 1.54) is 12.1 Å². The lowest BCUT2D eigenvalue weighted by Crippen LogP contribution is -2.04. The Morgan fingerprint density at radius 1 is 0.469 bits per heavy atom. The molecule has 2 aromatic heterocycles. The van der Waals surface area contributed by atoms with Crippen molar-refractivity contribution in [2.45, 2.75) is 0 Å². The van der Waals surface area contributed by atoms with E-state index < -0.39 is 11.6 Å². The first-order valence-electron chi connectivity index (χ1n) is 15.4. The molecular weight excluding hydrogens is 614 g/mol. The molecule has 230 valence electrons. The first kappa shape index (κ1) is 29.4. The monoisotopic (exact) mass is 636 g/mol. The number of hydrogen-bond donors (Lipinski definition) is 0. The lowest BCUT2D eigenvalue weighted by Gasteiger charge is -2.16. The molecule has 6 nitrogen and oxygen atoms in total. The van der Waals surface area contributed by atoms with Crippen molar-refractivity contribution in [2.75, 3.05) is 0 Å². The molecule has 0 fully saturated rings. The predicted molar refractivity (Wildman–Crippen MR) is 185 cm³/mol. The number of nitriles is 2. The lowest BCUT2D eigenvalue weighted by molar-refractivity contribution is 0.584. The highest BCUT2D eigenvalue weighted by Gasteiger charge is 2.21. The highest BCUT2D eigenvalue weighted by Crippen LogP contribution is 2.39. The Morgan fingerprint density at radius 2 is 0.980 bits per heavy atom. The van der Waals surface area contributed by atoms with Gasteiger partial charge in [0.1, 0.15) is 11.6 Å². The van der Waals surface area contributed by atoms with Crippen molar-refractivity contribution in [3.63, 3.8) is 0 Å². The standard InChI is InChI=1S/C41H22F2N6/c42-31-19-30(20-32(43)22-31)29-13-16-35(41-47-39(27-7-3-1-4-8-27)46-40(48-41)28-9-5-2-6-10-28)38(21-29)49-36-17-25(23-44)11-14-33(36)34-15-12-26(24-45)18-37(34)49/h1-22H. The fraction of sp³-hybridized carbons (Fsp3) is 0. The van der Waals surface area contributed by atoms with Gasteiger partial charge in [-0.15, -0.1) is 0 Å². The molecule has 0 spiro atoms. The van der Waals surface area contributed by atoms with E-state index in [4.69, 9.17) is 15.0 Å². The number of fused-ring (bicyclic) bond motifs is 3. The van der Waals surface area contributed by atoms with Gasteiger partial charge in [-0.2, -0.15) is 10.5 Å². The molecule has 0 saturated heterocycles. The number of hydrogen-bond acceptors (Lipinski definition) is 5. The molecule has 0 amide bonds. The van der Waals surface area contributed by atoms with E-state index >= 15 is 0 Å². The summed E-state index contributed by atoms with van der Waals surface area (Å²) >= 11 is 0. The molecule has 0 N–H and O–H groups in total. The predicted octanol–water partition coefficient (Wildman–Crippen LogP) is 9.66. The van der Waals surface area contributed by atoms with E-state index in [0.717, 1.165) is 28.0 Å². The van der Waals surface area contributed by atoms with Crippen LogP contribution in [0.3, 0.4) is 0 Å². The summed E-state index contributed by atoms with van der Waals surface area (Å²) in [5.74, 6) is -0.109. The van der Waals surface area contributed by atoms with Crippen LogP contribution in [0.1, 0.15) is 11.1 Å². The lowest BCUT2D eigenvalue weighted by atomic mass is 10.0. The molecule has 8 aromatic rings. The Hall–Kier alpha value is -7.03. The van der Waals surface area contributed by atoms with E-state index in [2.05, 4.69) is 12.1 Å². The minimum atomic E-state index is -0.702. The topological polar surface area (TPSA) is 91.2 Å². The Labute approximate surface area is 279 Å². The zero-order valence-electron chi connectivity index (χ0n) is 25.6. The van der Waals surface area contributed by atoms with Crippen LogP contribution in [0.5, 0.6) is 0 Å². The summed E-state index contributed by atoms with van der Waals surface area (Å²) in [4.78, 5) is 14.8. The van der Waals surface area contributed by atoms with Gasteiger partial charge in [-0.05, 0) is 59.7 Å². The summed E-state index contributed by atoms with van der Waals surface area (Å²) in [6, 6.07) is 43.3. The van der Waals surface area contributed by atoms with Crippen LogP contribution in [0.25, 0.3) is 72.8 Å². The Balaban J connectivity index is 1.49. The van der Waals surface area contributed by atoms with E-state index in [1.807, 2.05) is 89.5 Å². The van der Waals surface area contributed by atoms with E-state index in [9.17, 15) is 19.3 Å². The molecule has 8 rings (SSSR count). The summed E-state index contributed by atoms with van der Waals surface area (Å²) in [5.41, 5.74) is 5.95. The summed E-state index contributed by atoms with van der Waals surface area (Å²) < 4.78 is 30.9. The number of halogens is 2. The van der Waals surface area contributed by atoms with Gasteiger partial charge in [0.2, 0.25) is 0 Å². The molecule has 0 unspecified atom stereocenters. The van der Waals surface area contributed by atoms with Gasteiger partial charge in [0.25, 0.3) is 0 Å². The van der Waals surface area contributed by atoms with Crippen LogP contribution in [0.4, 0.5) is 8.78 Å². The largest absolute Gasteiger partial charge is 0.308 e. The maximum Gasteiger partial charge on any atom is 0.166 e. The van der Waals surface area contributed by atoms with Crippen molar-refractivity contribution in [3.05, 3.63) is 156 Å². The molecule has 0 bridgehead atoms. The first-order chi connectivity index (χ1) is 24.0. The molecule has 0 aliphatic rings. The Morgan fingerprint density at radius 3 is 1.49 bits per heavy atom. The fourth-order valence-corrected chi connectivity index (χ4v) is 6.15. The molecule has 49 heavy (non-hydrogen) atoms. The second-order valence-corrected chi connectivity index (χ2v) is 11.5. The minimum absolute atomic E-state index is 0.340. The third-order valence-corrected chi connectivity index (χ3v) is 8.40. The van der Waals surface area contributed by atoms with Gasteiger partial charge in [0.15, 0.2) is 17.5 Å². The summed E-state index contributed by atoms with van der Waals surface area (Å²) in [6.45, 7) is 0. The van der Waals surface area contributed by atoms with E-state index in [-0.39, 0.29) is 0 Å². The van der Waals surface area contributed by atoms with Gasteiger partial charge in [-0.3, -0.25) is 0 Å². The molecule has 2 heterocycles. The van der Waals surface area contributed by atoms with E-state index in [1.54, 1.807) is 30.3 Å². The number of nitrogens with zero attached hydrogens (tertiary/aromatic N) is 6. The molecule has 0 radical (unpaired) electrons. The molecule has 0 aliphatic heterocycles. The van der Waals surface area contributed by atoms with Gasteiger partial charge < -0.3 is 4.57 Å². The third kappa shape index (κ3) is 5.34. The average molecular weight is 637 g/mol. The van der Waals surface area contributed by atoms with Crippen molar-refractivity contribution in [1.82, 2.24) is 19.5 Å². The Kier molecular flexibility index (Phi) is 7.17. The van der Waals surface area contributed by atoms with Crippen LogP contribution >= 0.6 is 0 Å². The normalized spacial score (nSPS) is 11.0. The number of rotatable bonds is 5. The molecule has 0 atom stereocenters. The maximum atomic E-state index is 14.5. The smallest absolute Gasteiger partial charge is 0.166 e. The second-order valence-electron chi connectivity index (χ2n) is 11.5. The summed E-state index contributed by atoms with van der Waals surface area (Å²) in [5, 5.41) is 21.5. The van der Waals surface area contributed by atoms with Gasteiger partial charge in [-0.1, -0.05) is 78.9 Å². The van der Waals surface area contributed by atoms with Gasteiger partial charge >= 0.3 is 0 Å². The average Bonchev–Trinajstić information content (AvgIpc) is 3.47. The number of aromatic nitrogens is 4. The fourth-order valence-electron chi connectivity index (χ4n) is 6.15. The molecule has 6 aromatic carbocycles.